The van der Waals surface area contributed by atoms with Crippen LogP contribution >= 0.6 is 0 Å². The van der Waals surface area contributed by atoms with Crippen LogP contribution < -0.4 is 5.32 Å². The molecular weight excluding hydrogens is 114 g/mol. The van der Waals surface area contributed by atoms with E-state index in [9.17, 15) is 5.11 Å². The molecule has 1 saturated heterocycles. The summed E-state index contributed by atoms with van der Waals surface area (Å²) in [5, 5.41) is 12.8. The highest BCUT2D eigenvalue weighted by Gasteiger charge is 2.37. The molecular formula is C7H13NO. The van der Waals surface area contributed by atoms with Crippen molar-refractivity contribution in [1.29, 1.82) is 0 Å². The van der Waals surface area contributed by atoms with Crippen LogP contribution in [0.5, 0.6) is 0 Å². The molecule has 1 saturated carbocycles. The van der Waals surface area contributed by atoms with E-state index in [2.05, 4.69) is 5.32 Å². The number of nitrogens with one attached hydrogen (secondary N) is 1. The maximum absolute atomic E-state index is 9.47. The summed E-state index contributed by atoms with van der Waals surface area (Å²) >= 11 is 0. The van der Waals surface area contributed by atoms with E-state index in [1.165, 1.54) is 12.8 Å². The first-order valence-corrected chi connectivity index (χ1v) is 3.76. The van der Waals surface area contributed by atoms with Gasteiger partial charge in [0, 0.05) is 13.1 Å². The molecule has 2 nitrogen and oxygen atoms in total. The molecule has 0 radical (unpaired) electrons. The minimum absolute atomic E-state index is 0.0197. The Labute approximate surface area is 55.3 Å². The molecule has 0 spiro atoms. The van der Waals surface area contributed by atoms with Crippen LogP contribution in [-0.4, -0.2) is 24.3 Å². The first kappa shape index (κ1) is 5.69. The van der Waals surface area contributed by atoms with Crippen LogP contribution in [0.1, 0.15) is 12.8 Å². The standard InChI is InChI=1S/C7H13NO/c9-7-5-1-2-6(7)4-8-3-5/h5-9H,1-4H2. The third-order valence-electron chi connectivity index (χ3n) is 2.69. The SMILES string of the molecule is OC1C2CCC1CNC2. The Bertz CT molecular complexity index is 99.5. The highest BCUT2D eigenvalue weighted by atomic mass is 16.3. The number of piperidine rings is 1. The van der Waals surface area contributed by atoms with Crippen molar-refractivity contribution in [2.45, 2.75) is 18.9 Å². The molecule has 2 heteroatoms. The summed E-state index contributed by atoms with van der Waals surface area (Å²) < 4.78 is 0. The monoisotopic (exact) mass is 127 g/mol. The van der Waals surface area contributed by atoms with Crippen LogP contribution in [0.4, 0.5) is 0 Å². The molecule has 2 N–H and O–H groups in total. The molecule has 2 bridgehead atoms. The highest BCUT2D eigenvalue weighted by molar-refractivity contribution is 4.90. The molecule has 2 aliphatic rings. The summed E-state index contributed by atoms with van der Waals surface area (Å²) in [7, 11) is 0. The number of hydrogen-bond acceptors (Lipinski definition) is 2. The van der Waals surface area contributed by atoms with E-state index in [1.807, 2.05) is 0 Å². The summed E-state index contributed by atoms with van der Waals surface area (Å²) in [6.45, 7) is 2.08. The summed E-state index contributed by atoms with van der Waals surface area (Å²) in [5.41, 5.74) is 0. The van der Waals surface area contributed by atoms with Gasteiger partial charge in [0.1, 0.15) is 0 Å². The number of aliphatic hydroxyl groups excluding tert-OH is 1. The molecule has 2 atom stereocenters. The summed E-state index contributed by atoms with van der Waals surface area (Å²) in [4.78, 5) is 0. The van der Waals surface area contributed by atoms with Gasteiger partial charge in [-0.3, -0.25) is 0 Å². The average Bonchev–Trinajstić information content (AvgIpc) is 2.19. The second-order valence-corrected chi connectivity index (χ2v) is 3.25. The summed E-state index contributed by atoms with van der Waals surface area (Å²) in [6, 6.07) is 0. The zero-order chi connectivity index (χ0) is 6.27. The van der Waals surface area contributed by atoms with Crippen LogP contribution in [0, 0.1) is 11.8 Å². The zero-order valence-electron chi connectivity index (χ0n) is 5.51. The molecule has 9 heavy (non-hydrogen) atoms. The normalized spacial score (nSPS) is 49.7. The molecule has 0 aromatic heterocycles. The molecule has 2 fully saturated rings. The van der Waals surface area contributed by atoms with Crippen molar-refractivity contribution in [2.24, 2.45) is 11.8 Å². The van der Waals surface area contributed by atoms with Gasteiger partial charge in [-0.15, -0.1) is 0 Å². The smallest absolute Gasteiger partial charge is 0.0620 e. The van der Waals surface area contributed by atoms with Gasteiger partial charge in [-0.25, -0.2) is 0 Å². The number of aliphatic hydroxyl groups is 1. The average molecular weight is 127 g/mol. The molecule has 52 valence electrons. The van der Waals surface area contributed by atoms with Gasteiger partial charge in [0.15, 0.2) is 0 Å². The van der Waals surface area contributed by atoms with Gasteiger partial charge >= 0.3 is 0 Å². The quantitative estimate of drug-likeness (QED) is 0.479. The van der Waals surface area contributed by atoms with Crippen LogP contribution in [0.25, 0.3) is 0 Å². The molecule has 0 aromatic rings. The molecule has 2 unspecified atom stereocenters. The third kappa shape index (κ3) is 0.775. The fourth-order valence-corrected chi connectivity index (χ4v) is 2.05. The van der Waals surface area contributed by atoms with Gasteiger partial charge in [-0.05, 0) is 24.7 Å². The van der Waals surface area contributed by atoms with Gasteiger partial charge in [-0.2, -0.15) is 0 Å². The topological polar surface area (TPSA) is 32.3 Å². The lowest BCUT2D eigenvalue weighted by molar-refractivity contribution is 0.0700. The maximum atomic E-state index is 9.47. The third-order valence-corrected chi connectivity index (χ3v) is 2.69. The fourth-order valence-electron chi connectivity index (χ4n) is 2.05. The summed E-state index contributed by atoms with van der Waals surface area (Å²) in [6.07, 6.45) is 2.49. The number of rotatable bonds is 0. The Morgan fingerprint density at radius 3 is 2.11 bits per heavy atom. The molecule has 0 amide bonds. The van der Waals surface area contributed by atoms with E-state index in [4.69, 9.17) is 0 Å². The van der Waals surface area contributed by atoms with Crippen molar-refractivity contribution in [3.8, 4) is 0 Å². The highest BCUT2D eigenvalue weighted by Crippen LogP contribution is 2.32. The Kier molecular flexibility index (Phi) is 1.24. The van der Waals surface area contributed by atoms with Crippen LogP contribution in [0.3, 0.4) is 0 Å². The molecule has 1 heterocycles. The minimum atomic E-state index is 0.0197. The van der Waals surface area contributed by atoms with E-state index < -0.39 is 0 Å². The van der Waals surface area contributed by atoms with Gasteiger partial charge < -0.3 is 10.4 Å². The van der Waals surface area contributed by atoms with Crippen LogP contribution in [0.15, 0.2) is 0 Å². The van der Waals surface area contributed by atoms with Crippen molar-refractivity contribution in [3.05, 3.63) is 0 Å². The Hall–Kier alpha value is -0.0800. The maximum Gasteiger partial charge on any atom is 0.0620 e. The molecule has 2 rings (SSSR count). The number of hydrogen-bond donors (Lipinski definition) is 2. The fraction of sp³-hybridized carbons (Fsp3) is 1.00. The molecule has 0 aromatic carbocycles. The molecule has 1 aliphatic carbocycles. The first-order valence-electron chi connectivity index (χ1n) is 3.76. The lowest BCUT2D eigenvalue weighted by atomic mass is 9.97. The Morgan fingerprint density at radius 1 is 1.11 bits per heavy atom. The van der Waals surface area contributed by atoms with E-state index in [-0.39, 0.29) is 6.10 Å². The van der Waals surface area contributed by atoms with Gasteiger partial charge in [0.05, 0.1) is 6.10 Å². The Morgan fingerprint density at radius 2 is 1.67 bits per heavy atom. The van der Waals surface area contributed by atoms with Crippen molar-refractivity contribution in [3.63, 3.8) is 0 Å². The minimum Gasteiger partial charge on any atom is -0.392 e. The van der Waals surface area contributed by atoms with Crippen LogP contribution in [0.2, 0.25) is 0 Å². The van der Waals surface area contributed by atoms with Crippen molar-refractivity contribution in [2.75, 3.05) is 13.1 Å². The lowest BCUT2D eigenvalue weighted by Gasteiger charge is -2.25. The van der Waals surface area contributed by atoms with Crippen molar-refractivity contribution < 1.29 is 5.11 Å². The van der Waals surface area contributed by atoms with E-state index >= 15 is 0 Å². The van der Waals surface area contributed by atoms with Gasteiger partial charge in [-0.1, -0.05) is 0 Å². The van der Waals surface area contributed by atoms with Crippen LogP contribution in [-0.2, 0) is 0 Å². The van der Waals surface area contributed by atoms with Gasteiger partial charge in [0.25, 0.3) is 0 Å². The number of fused-ring (bicyclic) bond motifs is 2. The summed E-state index contributed by atoms with van der Waals surface area (Å²) in [5.74, 6) is 1.15. The van der Waals surface area contributed by atoms with Crippen molar-refractivity contribution in [1.82, 2.24) is 5.32 Å². The largest absolute Gasteiger partial charge is 0.392 e. The Balaban J connectivity index is 2.10. The zero-order valence-corrected chi connectivity index (χ0v) is 5.51. The van der Waals surface area contributed by atoms with E-state index in [1.54, 1.807) is 0 Å². The second kappa shape index (κ2) is 1.96. The predicted molar refractivity (Wildman–Crippen MR) is 35.1 cm³/mol. The second-order valence-electron chi connectivity index (χ2n) is 3.25. The van der Waals surface area contributed by atoms with E-state index in [0.29, 0.717) is 11.8 Å². The lowest BCUT2D eigenvalue weighted by Crippen LogP contribution is -2.41. The van der Waals surface area contributed by atoms with Gasteiger partial charge in [0.2, 0.25) is 0 Å². The van der Waals surface area contributed by atoms with Crippen molar-refractivity contribution >= 4 is 0 Å². The first-order chi connectivity index (χ1) is 4.38. The predicted octanol–water partition coefficient (Wildman–Crippen LogP) is -0.0233. The van der Waals surface area contributed by atoms with E-state index in [0.717, 1.165) is 13.1 Å². The molecule has 1 aliphatic heterocycles.